The zero-order valence-electron chi connectivity index (χ0n) is 13.9. The first-order valence-electron chi connectivity index (χ1n) is 8.39. The van der Waals surface area contributed by atoms with Crippen molar-refractivity contribution in [1.82, 2.24) is 20.2 Å². The molecule has 0 aromatic carbocycles. The van der Waals surface area contributed by atoms with Crippen LogP contribution in [0, 0.1) is 0 Å². The van der Waals surface area contributed by atoms with Crippen LogP contribution in [0.3, 0.4) is 0 Å². The van der Waals surface area contributed by atoms with Crippen LogP contribution in [0.1, 0.15) is 33.9 Å². The molecule has 2 aliphatic heterocycles. The largest absolute Gasteiger partial charge is 0.344 e. The number of rotatable bonds is 3. The Balaban J connectivity index is 1.43. The minimum atomic E-state index is -0.416. The van der Waals surface area contributed by atoms with E-state index in [0.29, 0.717) is 43.2 Å². The number of fused-ring (bicyclic) bond motifs is 1. The van der Waals surface area contributed by atoms with Crippen LogP contribution in [-0.4, -0.2) is 45.2 Å². The normalized spacial score (nSPS) is 19.0. The zero-order valence-corrected chi connectivity index (χ0v) is 14.7. The standard InChI is InChI=1S/C17H17N5O3S/c23-14-5-4-12(19-14)16(25)22-8-6-10-13(9-22)26-17(20-10)21-15(24)11-3-1-2-7-18-11/h1-3,7,12H,4-6,8-9H2,(H,19,23)(H,20,21,24). The Hall–Kier alpha value is -2.81. The molecule has 0 radical (unpaired) electrons. The molecule has 4 heterocycles. The average molecular weight is 371 g/mol. The fourth-order valence-electron chi connectivity index (χ4n) is 3.11. The van der Waals surface area contributed by atoms with Crippen molar-refractivity contribution in [1.29, 1.82) is 0 Å². The van der Waals surface area contributed by atoms with Gasteiger partial charge in [-0.25, -0.2) is 4.98 Å². The van der Waals surface area contributed by atoms with Crippen LogP contribution in [0.2, 0.25) is 0 Å². The predicted molar refractivity (Wildman–Crippen MR) is 94.6 cm³/mol. The molecule has 4 rings (SSSR count). The molecule has 1 saturated heterocycles. The second-order valence-electron chi connectivity index (χ2n) is 6.23. The number of nitrogens with one attached hydrogen (secondary N) is 2. The Morgan fingerprint density at radius 2 is 2.19 bits per heavy atom. The number of anilines is 1. The topological polar surface area (TPSA) is 104 Å². The lowest BCUT2D eigenvalue weighted by molar-refractivity contribution is -0.135. The summed E-state index contributed by atoms with van der Waals surface area (Å²) in [5.41, 5.74) is 1.24. The van der Waals surface area contributed by atoms with Crippen LogP contribution in [0.15, 0.2) is 24.4 Å². The number of nitrogens with zero attached hydrogens (tertiary/aromatic N) is 3. The van der Waals surface area contributed by atoms with Gasteiger partial charge in [0.15, 0.2) is 5.13 Å². The molecule has 2 aromatic rings. The average Bonchev–Trinajstić information content (AvgIpc) is 3.26. The van der Waals surface area contributed by atoms with Gasteiger partial charge in [0.25, 0.3) is 5.91 Å². The highest BCUT2D eigenvalue weighted by atomic mass is 32.1. The first kappa shape index (κ1) is 16.6. The van der Waals surface area contributed by atoms with Gasteiger partial charge in [-0.15, -0.1) is 0 Å². The summed E-state index contributed by atoms with van der Waals surface area (Å²) < 4.78 is 0. The maximum Gasteiger partial charge on any atom is 0.276 e. The smallest absolute Gasteiger partial charge is 0.276 e. The van der Waals surface area contributed by atoms with E-state index in [9.17, 15) is 14.4 Å². The van der Waals surface area contributed by atoms with E-state index < -0.39 is 6.04 Å². The molecule has 26 heavy (non-hydrogen) atoms. The van der Waals surface area contributed by atoms with Gasteiger partial charge in [-0.1, -0.05) is 17.4 Å². The molecular weight excluding hydrogens is 354 g/mol. The Morgan fingerprint density at radius 1 is 1.31 bits per heavy atom. The van der Waals surface area contributed by atoms with E-state index in [2.05, 4.69) is 20.6 Å². The van der Waals surface area contributed by atoms with Gasteiger partial charge in [0, 0.05) is 30.5 Å². The maximum atomic E-state index is 12.5. The summed E-state index contributed by atoms with van der Waals surface area (Å²) in [6, 6.07) is 4.72. The molecule has 1 fully saturated rings. The predicted octanol–water partition coefficient (Wildman–Crippen LogP) is 0.954. The van der Waals surface area contributed by atoms with Crippen molar-refractivity contribution in [2.45, 2.75) is 31.8 Å². The molecule has 3 amide bonds. The van der Waals surface area contributed by atoms with Crippen LogP contribution >= 0.6 is 11.3 Å². The lowest BCUT2D eigenvalue weighted by Crippen LogP contribution is -2.46. The molecule has 8 nitrogen and oxygen atoms in total. The highest BCUT2D eigenvalue weighted by Crippen LogP contribution is 2.29. The fraction of sp³-hybridized carbons (Fsp3) is 0.353. The van der Waals surface area contributed by atoms with E-state index in [1.165, 1.54) is 11.3 Å². The van der Waals surface area contributed by atoms with Crippen molar-refractivity contribution in [2.24, 2.45) is 0 Å². The number of amides is 3. The molecule has 1 unspecified atom stereocenters. The lowest BCUT2D eigenvalue weighted by Gasteiger charge is -2.28. The van der Waals surface area contributed by atoms with Crippen molar-refractivity contribution in [2.75, 3.05) is 11.9 Å². The van der Waals surface area contributed by atoms with Gasteiger partial charge < -0.3 is 10.2 Å². The molecule has 0 aliphatic carbocycles. The Kier molecular flexibility index (Phi) is 4.37. The fourth-order valence-corrected chi connectivity index (χ4v) is 4.13. The number of carbonyl (C=O) groups is 3. The molecule has 2 aromatic heterocycles. The number of hydrogen-bond acceptors (Lipinski definition) is 6. The van der Waals surface area contributed by atoms with Gasteiger partial charge >= 0.3 is 0 Å². The summed E-state index contributed by atoms with van der Waals surface area (Å²) in [6.07, 6.45) is 3.15. The van der Waals surface area contributed by atoms with E-state index in [1.54, 1.807) is 29.3 Å². The monoisotopic (exact) mass is 371 g/mol. The summed E-state index contributed by atoms with van der Waals surface area (Å²) in [6.45, 7) is 1.02. The van der Waals surface area contributed by atoms with Crippen molar-refractivity contribution in [3.05, 3.63) is 40.7 Å². The van der Waals surface area contributed by atoms with E-state index in [4.69, 9.17) is 0 Å². The summed E-state index contributed by atoms with van der Waals surface area (Å²) in [5, 5.41) is 5.99. The van der Waals surface area contributed by atoms with Crippen LogP contribution < -0.4 is 10.6 Å². The third-order valence-electron chi connectivity index (χ3n) is 4.45. The molecule has 2 N–H and O–H groups in total. The Labute approximate surface area is 153 Å². The second-order valence-corrected chi connectivity index (χ2v) is 7.31. The zero-order chi connectivity index (χ0) is 18.1. The first-order chi connectivity index (χ1) is 12.6. The Bertz CT molecular complexity index is 867. The van der Waals surface area contributed by atoms with E-state index >= 15 is 0 Å². The molecule has 1 atom stereocenters. The van der Waals surface area contributed by atoms with Gasteiger partial charge in [0.05, 0.1) is 12.2 Å². The van der Waals surface area contributed by atoms with Gasteiger partial charge in [-0.05, 0) is 18.6 Å². The molecular formula is C17H17N5O3S. The van der Waals surface area contributed by atoms with Crippen LogP contribution in [-0.2, 0) is 22.6 Å². The van der Waals surface area contributed by atoms with Crippen LogP contribution in [0.5, 0.6) is 0 Å². The highest BCUT2D eigenvalue weighted by Gasteiger charge is 2.33. The van der Waals surface area contributed by atoms with E-state index in [1.807, 2.05) is 0 Å². The third kappa shape index (κ3) is 3.30. The van der Waals surface area contributed by atoms with E-state index in [0.717, 1.165) is 10.6 Å². The highest BCUT2D eigenvalue weighted by molar-refractivity contribution is 7.15. The number of thiazole rings is 1. The molecule has 0 bridgehead atoms. The quantitative estimate of drug-likeness (QED) is 0.836. The number of hydrogen-bond donors (Lipinski definition) is 2. The number of carbonyl (C=O) groups excluding carboxylic acids is 3. The maximum absolute atomic E-state index is 12.5. The molecule has 9 heteroatoms. The van der Waals surface area contributed by atoms with Crippen LogP contribution in [0.4, 0.5) is 5.13 Å². The van der Waals surface area contributed by atoms with Crippen molar-refractivity contribution < 1.29 is 14.4 Å². The van der Waals surface area contributed by atoms with E-state index in [-0.39, 0.29) is 17.7 Å². The van der Waals surface area contributed by atoms with Gasteiger partial charge in [-0.2, -0.15) is 0 Å². The molecule has 0 saturated carbocycles. The lowest BCUT2D eigenvalue weighted by atomic mass is 10.1. The summed E-state index contributed by atoms with van der Waals surface area (Å²) in [4.78, 5) is 47.3. The molecule has 2 aliphatic rings. The first-order valence-corrected chi connectivity index (χ1v) is 9.21. The second kappa shape index (κ2) is 6.83. The summed E-state index contributed by atoms with van der Waals surface area (Å²) >= 11 is 1.37. The number of aromatic nitrogens is 2. The van der Waals surface area contributed by atoms with Gasteiger partial charge in [-0.3, -0.25) is 24.7 Å². The Morgan fingerprint density at radius 3 is 2.92 bits per heavy atom. The van der Waals surface area contributed by atoms with Crippen molar-refractivity contribution in [3.63, 3.8) is 0 Å². The number of pyridine rings is 1. The molecule has 0 spiro atoms. The van der Waals surface area contributed by atoms with Crippen LogP contribution in [0.25, 0.3) is 0 Å². The van der Waals surface area contributed by atoms with Gasteiger partial charge in [0.1, 0.15) is 11.7 Å². The SMILES string of the molecule is O=C1CCC(C(=O)N2CCc3nc(NC(=O)c4ccccn4)sc3C2)N1. The van der Waals surface area contributed by atoms with Crippen molar-refractivity contribution >= 4 is 34.2 Å². The minimum Gasteiger partial charge on any atom is -0.344 e. The van der Waals surface area contributed by atoms with Gasteiger partial charge in [0.2, 0.25) is 11.8 Å². The minimum absolute atomic E-state index is 0.0472. The summed E-state index contributed by atoms with van der Waals surface area (Å²) in [7, 11) is 0. The molecule has 134 valence electrons. The van der Waals surface area contributed by atoms with Crippen molar-refractivity contribution in [3.8, 4) is 0 Å². The third-order valence-corrected chi connectivity index (χ3v) is 5.45. The summed E-state index contributed by atoms with van der Waals surface area (Å²) in [5.74, 6) is -0.425.